The van der Waals surface area contributed by atoms with E-state index in [-0.39, 0.29) is 5.91 Å². The zero-order chi connectivity index (χ0) is 16.4. The summed E-state index contributed by atoms with van der Waals surface area (Å²) >= 11 is 0. The van der Waals surface area contributed by atoms with Crippen molar-refractivity contribution in [1.29, 1.82) is 0 Å². The molecule has 5 heteroatoms. The average molecular weight is 320 g/mol. The molecule has 1 amide bonds. The predicted octanol–water partition coefficient (Wildman–Crippen LogP) is 3.11. The molecule has 2 aromatic carbocycles. The number of hydrogen-bond donors (Lipinski definition) is 0. The Bertz CT molecular complexity index is 850. The van der Waals surface area contributed by atoms with Gasteiger partial charge in [-0.3, -0.25) is 4.79 Å². The Balaban J connectivity index is 1.59. The minimum atomic E-state index is 0.106. The average Bonchev–Trinajstić information content (AvgIpc) is 3.05. The number of likely N-dealkylation sites (tertiary alicyclic amines) is 1. The second kappa shape index (κ2) is 6.43. The summed E-state index contributed by atoms with van der Waals surface area (Å²) in [4.78, 5) is 14.6. The van der Waals surface area contributed by atoms with E-state index in [1.54, 1.807) is 0 Å². The molecule has 0 bridgehead atoms. The van der Waals surface area contributed by atoms with Crippen molar-refractivity contribution < 1.29 is 4.79 Å². The molecule has 0 unspecified atom stereocenters. The molecule has 1 aromatic heterocycles. The lowest BCUT2D eigenvalue weighted by molar-refractivity contribution is 0.0724. The molecule has 0 aliphatic carbocycles. The van der Waals surface area contributed by atoms with Gasteiger partial charge in [0.15, 0.2) is 0 Å². The highest BCUT2D eigenvalue weighted by Crippen LogP contribution is 2.18. The maximum atomic E-state index is 12.6. The van der Waals surface area contributed by atoms with E-state index in [4.69, 9.17) is 0 Å². The lowest BCUT2D eigenvalue weighted by atomic mass is 10.1. The molecule has 0 radical (unpaired) electrons. The van der Waals surface area contributed by atoms with Gasteiger partial charge in [-0.1, -0.05) is 35.5 Å². The van der Waals surface area contributed by atoms with Crippen molar-refractivity contribution >= 4 is 16.9 Å². The molecule has 1 aliphatic rings. The molecule has 1 aliphatic heterocycles. The van der Waals surface area contributed by atoms with E-state index < -0.39 is 0 Å². The third kappa shape index (κ3) is 2.89. The van der Waals surface area contributed by atoms with Crippen LogP contribution in [0.25, 0.3) is 11.0 Å². The van der Waals surface area contributed by atoms with Crippen molar-refractivity contribution in [3.8, 4) is 0 Å². The number of rotatable bonds is 3. The number of nitrogens with zero attached hydrogens (tertiary/aromatic N) is 4. The number of carbonyl (C=O) groups excluding carboxylic acids is 1. The largest absolute Gasteiger partial charge is 0.339 e. The smallest absolute Gasteiger partial charge is 0.253 e. The fourth-order valence-electron chi connectivity index (χ4n) is 3.26. The van der Waals surface area contributed by atoms with Crippen molar-refractivity contribution in [2.75, 3.05) is 13.1 Å². The van der Waals surface area contributed by atoms with E-state index in [0.29, 0.717) is 12.1 Å². The van der Waals surface area contributed by atoms with Crippen molar-refractivity contribution in [3.05, 3.63) is 59.7 Å². The highest BCUT2D eigenvalue weighted by molar-refractivity contribution is 5.97. The van der Waals surface area contributed by atoms with Gasteiger partial charge in [0.25, 0.3) is 5.91 Å². The summed E-state index contributed by atoms with van der Waals surface area (Å²) < 4.78 is 1.87. The van der Waals surface area contributed by atoms with Crippen LogP contribution in [-0.2, 0) is 6.54 Å². The maximum Gasteiger partial charge on any atom is 0.253 e. The summed E-state index contributed by atoms with van der Waals surface area (Å²) in [5.41, 5.74) is 3.61. The predicted molar refractivity (Wildman–Crippen MR) is 92.8 cm³/mol. The summed E-state index contributed by atoms with van der Waals surface area (Å²) in [5.74, 6) is 0.106. The molecule has 0 spiro atoms. The van der Waals surface area contributed by atoms with Gasteiger partial charge in [-0.25, -0.2) is 4.68 Å². The molecule has 24 heavy (non-hydrogen) atoms. The van der Waals surface area contributed by atoms with E-state index >= 15 is 0 Å². The van der Waals surface area contributed by atoms with Gasteiger partial charge in [0, 0.05) is 18.7 Å². The fourth-order valence-corrected chi connectivity index (χ4v) is 3.26. The van der Waals surface area contributed by atoms with Crippen molar-refractivity contribution in [3.63, 3.8) is 0 Å². The molecule has 2 heterocycles. The van der Waals surface area contributed by atoms with Crippen LogP contribution in [0.1, 0.15) is 35.2 Å². The molecule has 1 fully saturated rings. The number of aromatic nitrogens is 3. The van der Waals surface area contributed by atoms with Crippen LogP contribution in [0.2, 0.25) is 0 Å². The van der Waals surface area contributed by atoms with Crippen LogP contribution in [-0.4, -0.2) is 38.9 Å². The Morgan fingerprint density at radius 1 is 1.00 bits per heavy atom. The normalized spacial score (nSPS) is 14.9. The SMILES string of the molecule is O=C(c1ccc2c(c1)nnn2Cc1ccccc1)N1CCCCC1. The van der Waals surface area contributed by atoms with Crippen molar-refractivity contribution in [2.45, 2.75) is 25.8 Å². The van der Waals surface area contributed by atoms with Crippen LogP contribution in [0.4, 0.5) is 0 Å². The summed E-state index contributed by atoms with van der Waals surface area (Å²) in [6, 6.07) is 15.9. The van der Waals surface area contributed by atoms with Crippen LogP contribution in [0.15, 0.2) is 48.5 Å². The second-order valence-corrected chi connectivity index (χ2v) is 6.29. The standard InChI is InChI=1S/C19H20N4O/c24-19(22-11-5-2-6-12-22)16-9-10-18-17(13-16)20-21-23(18)14-15-7-3-1-4-8-15/h1,3-4,7-10,13H,2,5-6,11-12,14H2. The first-order valence-corrected chi connectivity index (χ1v) is 8.48. The minimum Gasteiger partial charge on any atom is -0.339 e. The van der Waals surface area contributed by atoms with E-state index in [1.165, 1.54) is 12.0 Å². The molecule has 5 nitrogen and oxygen atoms in total. The number of benzene rings is 2. The van der Waals surface area contributed by atoms with Crippen molar-refractivity contribution in [2.24, 2.45) is 0 Å². The molecule has 0 N–H and O–H groups in total. The molecule has 4 rings (SSSR count). The van der Waals surface area contributed by atoms with Crippen LogP contribution >= 0.6 is 0 Å². The van der Waals surface area contributed by atoms with Gasteiger partial charge in [-0.05, 0) is 43.0 Å². The number of hydrogen-bond acceptors (Lipinski definition) is 3. The van der Waals surface area contributed by atoms with E-state index in [9.17, 15) is 4.79 Å². The highest BCUT2D eigenvalue weighted by atomic mass is 16.2. The third-order valence-electron chi connectivity index (χ3n) is 4.58. The first-order valence-electron chi connectivity index (χ1n) is 8.48. The summed E-state index contributed by atoms with van der Waals surface area (Å²) in [6.45, 7) is 2.39. The van der Waals surface area contributed by atoms with Crippen LogP contribution in [0, 0.1) is 0 Å². The van der Waals surface area contributed by atoms with E-state index in [2.05, 4.69) is 22.4 Å². The summed E-state index contributed by atoms with van der Waals surface area (Å²) in [6.07, 6.45) is 3.42. The molecule has 3 aromatic rings. The topological polar surface area (TPSA) is 51.0 Å². The van der Waals surface area contributed by atoms with Crippen LogP contribution in [0.5, 0.6) is 0 Å². The third-order valence-corrected chi connectivity index (χ3v) is 4.58. The zero-order valence-electron chi connectivity index (χ0n) is 13.6. The van der Waals surface area contributed by atoms with Gasteiger partial charge in [0.2, 0.25) is 0 Å². The molecular formula is C19H20N4O. The quantitative estimate of drug-likeness (QED) is 0.745. The van der Waals surface area contributed by atoms with Gasteiger partial charge in [-0.2, -0.15) is 0 Å². The first-order chi connectivity index (χ1) is 11.8. The first kappa shape index (κ1) is 14.9. The number of piperidine rings is 1. The monoisotopic (exact) mass is 320 g/mol. The van der Waals surface area contributed by atoms with Gasteiger partial charge < -0.3 is 4.90 Å². The summed E-state index contributed by atoms with van der Waals surface area (Å²) in [5, 5.41) is 8.49. The number of carbonyl (C=O) groups is 1. The summed E-state index contributed by atoms with van der Waals surface area (Å²) in [7, 11) is 0. The Morgan fingerprint density at radius 3 is 2.58 bits per heavy atom. The zero-order valence-corrected chi connectivity index (χ0v) is 13.6. The molecule has 0 saturated carbocycles. The minimum absolute atomic E-state index is 0.106. The van der Waals surface area contributed by atoms with Gasteiger partial charge >= 0.3 is 0 Å². The number of fused-ring (bicyclic) bond motifs is 1. The maximum absolute atomic E-state index is 12.6. The van der Waals surface area contributed by atoms with E-state index in [0.717, 1.165) is 37.0 Å². The van der Waals surface area contributed by atoms with E-state index in [1.807, 2.05) is 46.0 Å². The molecular weight excluding hydrogens is 300 g/mol. The van der Waals surface area contributed by atoms with Crippen LogP contribution < -0.4 is 0 Å². The lowest BCUT2D eigenvalue weighted by Crippen LogP contribution is -2.35. The van der Waals surface area contributed by atoms with Gasteiger partial charge in [0.1, 0.15) is 5.52 Å². The Kier molecular flexibility index (Phi) is 3.99. The number of amides is 1. The van der Waals surface area contributed by atoms with Gasteiger partial charge in [0.05, 0.1) is 12.1 Å². The second-order valence-electron chi connectivity index (χ2n) is 6.29. The fraction of sp³-hybridized carbons (Fsp3) is 0.316. The Morgan fingerprint density at radius 2 is 1.79 bits per heavy atom. The van der Waals surface area contributed by atoms with Gasteiger partial charge in [-0.15, -0.1) is 5.10 Å². The van der Waals surface area contributed by atoms with Crippen LogP contribution in [0.3, 0.4) is 0 Å². The Hall–Kier alpha value is -2.69. The Labute approximate surface area is 140 Å². The molecule has 0 atom stereocenters. The van der Waals surface area contributed by atoms with Crippen molar-refractivity contribution in [1.82, 2.24) is 19.9 Å². The molecule has 122 valence electrons. The molecule has 1 saturated heterocycles. The highest BCUT2D eigenvalue weighted by Gasteiger charge is 2.19. The lowest BCUT2D eigenvalue weighted by Gasteiger charge is -2.26.